The molecular formula is C74H55B2NO4. The van der Waals surface area contributed by atoms with E-state index in [0.717, 1.165) is 140 Å². The van der Waals surface area contributed by atoms with Crippen LogP contribution < -0.4 is 51.7 Å². The highest BCUT2D eigenvalue weighted by molar-refractivity contribution is 6.99. The van der Waals surface area contributed by atoms with Gasteiger partial charge < -0.3 is 23.5 Å². The maximum absolute atomic E-state index is 6.91. The van der Waals surface area contributed by atoms with Crippen LogP contribution in [0.4, 0.5) is 0 Å². The molecule has 0 aliphatic carbocycles. The monoisotopic (exact) mass is 1040 g/mol. The quantitative estimate of drug-likeness (QED) is 0.161. The molecule has 0 bridgehead atoms. The predicted molar refractivity (Wildman–Crippen MR) is 335 cm³/mol. The Morgan fingerprint density at radius 1 is 0.296 bits per heavy atom. The molecule has 81 heavy (non-hydrogen) atoms. The summed E-state index contributed by atoms with van der Waals surface area (Å²) in [7, 11) is 0. The van der Waals surface area contributed by atoms with E-state index in [1.165, 1.54) is 21.9 Å². The van der Waals surface area contributed by atoms with Crippen molar-refractivity contribution >= 4 is 68.0 Å². The van der Waals surface area contributed by atoms with Crippen LogP contribution in [0.5, 0.6) is 46.0 Å². The van der Waals surface area contributed by atoms with Crippen LogP contribution in [-0.4, -0.2) is 18.0 Å². The third-order valence-electron chi connectivity index (χ3n) is 17.3. The highest BCUT2D eigenvalue weighted by Crippen LogP contribution is 2.50. The molecule has 0 atom stereocenters. The topological polar surface area (TPSA) is 41.9 Å². The third-order valence-corrected chi connectivity index (χ3v) is 17.3. The molecule has 1 aromatic heterocycles. The minimum Gasteiger partial charge on any atom is -0.458 e. The summed E-state index contributed by atoms with van der Waals surface area (Å²) in [5, 5.41) is 2.39. The predicted octanol–water partition coefficient (Wildman–Crippen LogP) is 15.5. The molecule has 386 valence electrons. The Hall–Kier alpha value is -9.45. The fourth-order valence-electron chi connectivity index (χ4n) is 13.4. The Labute approximate surface area is 473 Å². The third kappa shape index (κ3) is 7.34. The summed E-state index contributed by atoms with van der Waals surface area (Å²) in [5.74, 6) is 6.75. The molecule has 0 amide bonds. The van der Waals surface area contributed by atoms with Crippen LogP contribution in [0.3, 0.4) is 0 Å². The van der Waals surface area contributed by atoms with Gasteiger partial charge in [-0.1, -0.05) is 181 Å². The van der Waals surface area contributed by atoms with E-state index < -0.39 is 0 Å². The summed E-state index contributed by atoms with van der Waals surface area (Å²) in [6, 6.07) is 81.3. The lowest BCUT2D eigenvalue weighted by molar-refractivity contribution is 0.464. The van der Waals surface area contributed by atoms with Crippen molar-refractivity contribution in [1.29, 1.82) is 0 Å². The van der Waals surface area contributed by atoms with Crippen molar-refractivity contribution < 1.29 is 18.9 Å². The van der Waals surface area contributed by atoms with Gasteiger partial charge in [-0.25, -0.2) is 0 Å². The molecule has 4 aliphatic heterocycles. The summed E-state index contributed by atoms with van der Waals surface area (Å²) in [6.07, 6.45) is 0. The lowest BCUT2D eigenvalue weighted by atomic mass is 9.35. The molecule has 7 heteroatoms. The molecular weight excluding hydrogens is 988 g/mol. The average molecular weight is 1040 g/mol. The zero-order valence-electron chi connectivity index (χ0n) is 46.1. The summed E-state index contributed by atoms with van der Waals surface area (Å²) in [5.41, 5.74) is 20.9. The molecule has 12 aromatic rings. The first-order chi connectivity index (χ1) is 39.4. The Morgan fingerprint density at radius 3 is 0.951 bits per heavy atom. The van der Waals surface area contributed by atoms with E-state index in [2.05, 4.69) is 271 Å². The van der Waals surface area contributed by atoms with Crippen molar-refractivity contribution in [3.05, 3.63) is 236 Å². The van der Waals surface area contributed by atoms with Crippen LogP contribution in [-0.2, 0) is 10.8 Å². The molecule has 0 fully saturated rings. The van der Waals surface area contributed by atoms with Crippen molar-refractivity contribution in [2.75, 3.05) is 0 Å². The van der Waals surface area contributed by atoms with E-state index in [1.807, 2.05) is 0 Å². The Bertz CT molecular complexity index is 4220. The lowest BCUT2D eigenvalue weighted by Crippen LogP contribution is -2.57. The summed E-state index contributed by atoms with van der Waals surface area (Å²) in [4.78, 5) is 0. The second-order valence-corrected chi connectivity index (χ2v) is 24.3. The van der Waals surface area contributed by atoms with Gasteiger partial charge in [0.2, 0.25) is 0 Å². The molecule has 11 aromatic carbocycles. The molecule has 0 unspecified atom stereocenters. The fraction of sp³-hybridized carbons (Fsp3) is 0.108. The van der Waals surface area contributed by atoms with E-state index in [9.17, 15) is 0 Å². The van der Waals surface area contributed by atoms with E-state index in [-0.39, 0.29) is 24.3 Å². The van der Waals surface area contributed by atoms with Gasteiger partial charge in [-0.15, -0.1) is 0 Å². The minimum absolute atomic E-state index is 0.0136. The van der Waals surface area contributed by atoms with E-state index >= 15 is 0 Å². The second kappa shape index (κ2) is 17.5. The van der Waals surface area contributed by atoms with Crippen LogP contribution in [0, 0.1) is 0 Å². The number of fused-ring (bicyclic) bond motifs is 11. The van der Waals surface area contributed by atoms with E-state index in [1.54, 1.807) is 0 Å². The lowest BCUT2D eigenvalue weighted by Gasteiger charge is -2.33. The SMILES string of the molecule is CC(C)(C)c1cc(-c2ccccc2-c2cc3c4c(c2)Oc2ccccc2B4c2ccccc2O3)c2c(c1)c1cc(C(C)(C)C)cc(-c3ccccc3-c3cc4c5c(c3)Oc3ccccc3B5c3ccccc3O4)c1n2-c1ccccc1. The molecule has 5 heterocycles. The first kappa shape index (κ1) is 47.5. The highest BCUT2D eigenvalue weighted by atomic mass is 16.5. The van der Waals surface area contributed by atoms with Crippen molar-refractivity contribution in [2.24, 2.45) is 0 Å². The van der Waals surface area contributed by atoms with Gasteiger partial charge in [0, 0.05) is 38.5 Å². The van der Waals surface area contributed by atoms with Gasteiger partial charge in [0.05, 0.1) is 11.0 Å². The average Bonchev–Trinajstić information content (AvgIpc) is 3.67. The molecule has 0 saturated carbocycles. The smallest absolute Gasteiger partial charge is 0.260 e. The normalized spacial score (nSPS) is 13.4. The fourth-order valence-corrected chi connectivity index (χ4v) is 13.4. The minimum atomic E-state index is -0.194. The number of benzene rings is 11. The molecule has 0 saturated heterocycles. The molecule has 16 rings (SSSR count). The number of para-hydroxylation sites is 5. The van der Waals surface area contributed by atoms with Crippen molar-refractivity contribution in [2.45, 2.75) is 52.4 Å². The largest absolute Gasteiger partial charge is 0.458 e. The number of ether oxygens (including phenoxy) is 4. The van der Waals surface area contributed by atoms with Crippen LogP contribution in [0.25, 0.3) is 72.0 Å². The maximum atomic E-state index is 6.91. The van der Waals surface area contributed by atoms with Crippen molar-refractivity contribution in [3.8, 4) is 96.2 Å². The van der Waals surface area contributed by atoms with Crippen molar-refractivity contribution in [3.63, 3.8) is 0 Å². The first-order valence-corrected chi connectivity index (χ1v) is 28.3. The Morgan fingerprint density at radius 2 is 0.605 bits per heavy atom. The Balaban J connectivity index is 0.959. The number of nitrogens with zero attached hydrogens (tertiary/aromatic N) is 1. The zero-order valence-corrected chi connectivity index (χ0v) is 46.1. The molecule has 0 N–H and O–H groups in total. The van der Waals surface area contributed by atoms with Crippen LogP contribution in [0.2, 0.25) is 0 Å². The molecule has 0 spiro atoms. The second-order valence-electron chi connectivity index (χ2n) is 24.3. The van der Waals surface area contributed by atoms with Crippen LogP contribution in [0.1, 0.15) is 52.7 Å². The van der Waals surface area contributed by atoms with Gasteiger partial charge >= 0.3 is 0 Å². The molecule has 0 radical (unpaired) electrons. The maximum Gasteiger partial charge on any atom is 0.260 e. The summed E-state index contributed by atoms with van der Waals surface area (Å²) >= 11 is 0. The van der Waals surface area contributed by atoms with Crippen molar-refractivity contribution in [1.82, 2.24) is 4.57 Å². The van der Waals surface area contributed by atoms with Gasteiger partial charge in [0.25, 0.3) is 13.4 Å². The highest BCUT2D eigenvalue weighted by Gasteiger charge is 2.42. The van der Waals surface area contributed by atoms with E-state index in [0.29, 0.717) is 0 Å². The van der Waals surface area contributed by atoms with Gasteiger partial charge in [-0.3, -0.25) is 0 Å². The van der Waals surface area contributed by atoms with Gasteiger partial charge in [0.1, 0.15) is 46.0 Å². The van der Waals surface area contributed by atoms with Gasteiger partial charge in [-0.05, 0) is 162 Å². The van der Waals surface area contributed by atoms with Gasteiger partial charge in [0.15, 0.2) is 0 Å². The number of hydrogen-bond donors (Lipinski definition) is 0. The summed E-state index contributed by atoms with van der Waals surface area (Å²) < 4.78 is 30.2. The van der Waals surface area contributed by atoms with E-state index in [4.69, 9.17) is 18.9 Å². The van der Waals surface area contributed by atoms with Crippen LogP contribution in [0.15, 0.2) is 224 Å². The van der Waals surface area contributed by atoms with Gasteiger partial charge in [-0.2, -0.15) is 0 Å². The number of hydrogen-bond acceptors (Lipinski definition) is 4. The zero-order chi connectivity index (χ0) is 54.5. The molecule has 4 aliphatic rings. The van der Waals surface area contributed by atoms with Crippen LogP contribution >= 0.6 is 0 Å². The number of aromatic nitrogens is 1. The Kier molecular flexibility index (Phi) is 10.3. The molecule has 5 nitrogen and oxygen atoms in total. The summed E-state index contributed by atoms with van der Waals surface area (Å²) in [6.45, 7) is 14.0. The standard InChI is InChI=1S/C74H55B2NO4/c1-73(2,3)46-40-53(51-26-12-10-24-49(51)44-36-65-69-66(37-44)79-62-33-19-15-29-58(62)75(69)57-28-14-18-32-61(57)78-65)71-55(42-46)56-43-47(74(4,5)6)41-54(72(56)77(71)48-22-8-7-9-23-48)52-27-13-11-25-50(52)45-38-67-70-68(39-45)81-64-35-21-17-31-60(64)76(70)59-30-16-20-34-63(59)80-67/h7-43H,1-6H3. The first-order valence-electron chi connectivity index (χ1n) is 28.3. The number of rotatable bonds is 5.